The van der Waals surface area contributed by atoms with E-state index in [1.807, 2.05) is 38.1 Å². The van der Waals surface area contributed by atoms with Gasteiger partial charge in [-0.25, -0.2) is 0 Å². The van der Waals surface area contributed by atoms with E-state index in [4.69, 9.17) is 9.84 Å². The van der Waals surface area contributed by atoms with Gasteiger partial charge in [-0.15, -0.1) is 0 Å². The molecule has 0 aliphatic carbocycles. The first-order valence-electron chi connectivity index (χ1n) is 6.40. The van der Waals surface area contributed by atoms with Crippen LogP contribution in [0.5, 0.6) is 0 Å². The summed E-state index contributed by atoms with van der Waals surface area (Å²) in [6.07, 6.45) is 1.72. The molecule has 0 aliphatic rings. The largest absolute Gasteiger partial charge is 0.480 e. The van der Waals surface area contributed by atoms with E-state index in [0.29, 0.717) is 0 Å². The smallest absolute Gasteiger partial charge is 0.325 e. The number of carboxylic acids is 1. The first kappa shape index (κ1) is 14.3. The Kier molecular flexibility index (Phi) is 4.20. The lowest BCUT2D eigenvalue weighted by Crippen LogP contribution is -2.11. The lowest BCUT2D eigenvalue weighted by molar-refractivity contribution is -0.137. The summed E-state index contributed by atoms with van der Waals surface area (Å²) in [5.74, 6) is -0.899. The van der Waals surface area contributed by atoms with Crippen molar-refractivity contribution in [2.24, 2.45) is 0 Å². The first-order chi connectivity index (χ1) is 9.52. The van der Waals surface area contributed by atoms with Gasteiger partial charge in [0.05, 0.1) is 12.3 Å². The van der Waals surface area contributed by atoms with E-state index in [1.165, 1.54) is 4.68 Å². The van der Waals surface area contributed by atoms with Gasteiger partial charge in [0.2, 0.25) is 0 Å². The number of carbonyl (C=O) groups is 1. The number of hydrogen-bond donors (Lipinski definition) is 1. The fourth-order valence-electron chi connectivity index (χ4n) is 2.11. The fourth-order valence-corrected chi connectivity index (χ4v) is 2.11. The van der Waals surface area contributed by atoms with E-state index in [2.05, 4.69) is 5.10 Å². The SMILES string of the molecule is COC(C)c1cccc(-c2cnn(CC(=O)O)c2C)c1. The monoisotopic (exact) mass is 274 g/mol. The summed E-state index contributed by atoms with van der Waals surface area (Å²) in [5, 5.41) is 13.0. The summed E-state index contributed by atoms with van der Waals surface area (Å²) in [6.45, 7) is 3.73. The lowest BCUT2D eigenvalue weighted by Gasteiger charge is -2.11. The van der Waals surface area contributed by atoms with Gasteiger partial charge in [-0.1, -0.05) is 18.2 Å². The van der Waals surface area contributed by atoms with Gasteiger partial charge >= 0.3 is 5.97 Å². The van der Waals surface area contributed by atoms with Crippen molar-refractivity contribution in [2.75, 3.05) is 7.11 Å². The molecule has 5 heteroatoms. The van der Waals surface area contributed by atoms with Crippen LogP contribution in [0.3, 0.4) is 0 Å². The third kappa shape index (κ3) is 2.88. The molecule has 2 aromatic rings. The quantitative estimate of drug-likeness (QED) is 0.910. The molecule has 0 spiro atoms. The molecule has 20 heavy (non-hydrogen) atoms. The first-order valence-corrected chi connectivity index (χ1v) is 6.40. The van der Waals surface area contributed by atoms with Gasteiger partial charge in [-0.2, -0.15) is 5.10 Å². The van der Waals surface area contributed by atoms with Crippen LogP contribution in [0.2, 0.25) is 0 Å². The molecule has 1 aromatic carbocycles. The van der Waals surface area contributed by atoms with Crippen LogP contribution in [-0.4, -0.2) is 28.0 Å². The predicted octanol–water partition coefficient (Wildman–Crippen LogP) is 2.65. The molecule has 0 radical (unpaired) electrons. The third-order valence-corrected chi connectivity index (χ3v) is 3.41. The number of benzene rings is 1. The Morgan fingerprint density at radius 3 is 2.90 bits per heavy atom. The van der Waals surface area contributed by atoms with Gasteiger partial charge in [0.15, 0.2) is 0 Å². The van der Waals surface area contributed by atoms with Crippen LogP contribution in [0.4, 0.5) is 0 Å². The molecule has 1 atom stereocenters. The molecule has 5 nitrogen and oxygen atoms in total. The molecule has 106 valence electrons. The van der Waals surface area contributed by atoms with Crippen LogP contribution >= 0.6 is 0 Å². The summed E-state index contributed by atoms with van der Waals surface area (Å²) in [5.41, 5.74) is 3.88. The zero-order chi connectivity index (χ0) is 14.7. The summed E-state index contributed by atoms with van der Waals surface area (Å²) in [6, 6.07) is 8.01. The minimum absolute atomic E-state index is 0.0179. The van der Waals surface area contributed by atoms with Crippen LogP contribution in [0.25, 0.3) is 11.1 Å². The highest BCUT2D eigenvalue weighted by Crippen LogP contribution is 2.26. The predicted molar refractivity (Wildman–Crippen MR) is 75.5 cm³/mol. The average Bonchev–Trinajstić information content (AvgIpc) is 2.79. The second kappa shape index (κ2) is 5.88. The van der Waals surface area contributed by atoms with Crippen molar-refractivity contribution < 1.29 is 14.6 Å². The molecule has 1 N–H and O–H groups in total. The van der Waals surface area contributed by atoms with Crippen LogP contribution in [0.1, 0.15) is 24.3 Å². The third-order valence-electron chi connectivity index (χ3n) is 3.41. The molecule has 0 bridgehead atoms. The number of carboxylic acid groups (broad SMARTS) is 1. The van der Waals surface area contributed by atoms with Crippen LogP contribution in [-0.2, 0) is 16.1 Å². The molecular weight excluding hydrogens is 256 g/mol. The molecule has 0 saturated heterocycles. The normalized spacial score (nSPS) is 12.3. The number of hydrogen-bond acceptors (Lipinski definition) is 3. The molecule has 0 aliphatic heterocycles. The topological polar surface area (TPSA) is 64.4 Å². The van der Waals surface area contributed by atoms with Gasteiger partial charge in [-0.3, -0.25) is 9.48 Å². The number of ether oxygens (including phenoxy) is 1. The van der Waals surface area contributed by atoms with E-state index in [9.17, 15) is 4.79 Å². The Morgan fingerprint density at radius 1 is 1.50 bits per heavy atom. The van der Waals surface area contributed by atoms with Crippen LogP contribution in [0, 0.1) is 6.92 Å². The molecular formula is C15H18N2O3. The number of methoxy groups -OCH3 is 1. The lowest BCUT2D eigenvalue weighted by atomic mass is 10.0. The minimum Gasteiger partial charge on any atom is -0.480 e. The fraction of sp³-hybridized carbons (Fsp3) is 0.333. The van der Waals surface area contributed by atoms with Gasteiger partial charge in [-0.05, 0) is 31.0 Å². The Bertz CT molecular complexity index is 619. The van der Waals surface area contributed by atoms with Crippen molar-refractivity contribution in [3.05, 3.63) is 41.7 Å². The molecule has 2 rings (SSSR count). The second-order valence-corrected chi connectivity index (χ2v) is 4.70. The Hall–Kier alpha value is -2.14. The Labute approximate surface area is 117 Å². The van der Waals surface area contributed by atoms with Gasteiger partial charge < -0.3 is 9.84 Å². The maximum Gasteiger partial charge on any atom is 0.325 e. The Morgan fingerprint density at radius 2 is 2.25 bits per heavy atom. The van der Waals surface area contributed by atoms with Crippen LogP contribution in [0.15, 0.2) is 30.5 Å². The Balaban J connectivity index is 2.37. The second-order valence-electron chi connectivity index (χ2n) is 4.70. The molecule has 0 amide bonds. The highest BCUT2D eigenvalue weighted by atomic mass is 16.5. The molecule has 1 unspecified atom stereocenters. The van der Waals surface area contributed by atoms with Gasteiger partial charge in [0.1, 0.15) is 6.54 Å². The molecule has 1 heterocycles. The van der Waals surface area contributed by atoms with E-state index in [0.717, 1.165) is 22.4 Å². The zero-order valence-electron chi connectivity index (χ0n) is 11.8. The van der Waals surface area contributed by atoms with Crippen molar-refractivity contribution in [1.29, 1.82) is 0 Å². The van der Waals surface area contributed by atoms with Crippen molar-refractivity contribution in [3.8, 4) is 11.1 Å². The number of nitrogens with zero attached hydrogens (tertiary/aromatic N) is 2. The highest BCUT2D eigenvalue weighted by molar-refractivity contribution is 5.69. The maximum absolute atomic E-state index is 10.8. The highest BCUT2D eigenvalue weighted by Gasteiger charge is 2.12. The summed E-state index contributed by atoms with van der Waals surface area (Å²) in [4.78, 5) is 10.8. The van der Waals surface area contributed by atoms with E-state index < -0.39 is 5.97 Å². The standard InChI is InChI=1S/C15H18N2O3/c1-10-14(8-16-17(10)9-15(18)19)13-6-4-5-12(7-13)11(2)20-3/h4-8,11H,9H2,1-3H3,(H,18,19). The summed E-state index contributed by atoms with van der Waals surface area (Å²) >= 11 is 0. The maximum atomic E-state index is 10.8. The van der Waals surface area contributed by atoms with Crippen molar-refractivity contribution in [2.45, 2.75) is 26.5 Å². The van der Waals surface area contributed by atoms with Crippen molar-refractivity contribution in [3.63, 3.8) is 0 Å². The van der Waals surface area contributed by atoms with E-state index in [-0.39, 0.29) is 12.6 Å². The van der Waals surface area contributed by atoms with E-state index >= 15 is 0 Å². The molecule has 0 fully saturated rings. The minimum atomic E-state index is -0.899. The summed E-state index contributed by atoms with van der Waals surface area (Å²) < 4.78 is 6.81. The molecule has 0 saturated carbocycles. The van der Waals surface area contributed by atoms with Gasteiger partial charge in [0, 0.05) is 18.4 Å². The molecule has 1 aromatic heterocycles. The number of aliphatic carboxylic acids is 1. The number of aromatic nitrogens is 2. The van der Waals surface area contributed by atoms with Crippen LogP contribution < -0.4 is 0 Å². The number of rotatable bonds is 5. The van der Waals surface area contributed by atoms with Crippen molar-refractivity contribution >= 4 is 5.97 Å². The summed E-state index contributed by atoms with van der Waals surface area (Å²) in [7, 11) is 1.67. The van der Waals surface area contributed by atoms with Gasteiger partial charge in [0.25, 0.3) is 0 Å². The average molecular weight is 274 g/mol. The van der Waals surface area contributed by atoms with Crippen molar-refractivity contribution in [1.82, 2.24) is 9.78 Å². The zero-order valence-corrected chi connectivity index (χ0v) is 11.8. The van der Waals surface area contributed by atoms with E-state index in [1.54, 1.807) is 13.3 Å².